The van der Waals surface area contributed by atoms with Crippen LogP contribution in [0.15, 0.2) is 29.4 Å². The molecule has 1 aromatic carbocycles. The molecule has 0 fully saturated rings. The zero-order valence-electron chi connectivity index (χ0n) is 13.1. The molecule has 7 nitrogen and oxygen atoms in total. The first kappa shape index (κ1) is 15.1. The summed E-state index contributed by atoms with van der Waals surface area (Å²) < 4.78 is 12.6. The van der Waals surface area contributed by atoms with Crippen LogP contribution < -0.4 is 14.9 Å². The van der Waals surface area contributed by atoms with Crippen molar-refractivity contribution in [1.82, 2.24) is 15.2 Å². The number of carbonyl (C=O) groups excluding carboxylic acids is 1. The zero-order valence-corrected chi connectivity index (χ0v) is 13.1. The molecule has 7 heteroatoms. The number of fused-ring (bicyclic) bond motifs is 1. The molecule has 120 valence electrons. The van der Waals surface area contributed by atoms with Crippen LogP contribution in [0, 0.1) is 13.8 Å². The number of hydrogen-bond acceptors (Lipinski definition) is 5. The van der Waals surface area contributed by atoms with Crippen LogP contribution in [0.3, 0.4) is 0 Å². The van der Waals surface area contributed by atoms with E-state index in [1.54, 1.807) is 10.9 Å². The Hall–Kier alpha value is -2.83. The maximum atomic E-state index is 11.9. The van der Waals surface area contributed by atoms with Gasteiger partial charge in [-0.25, -0.2) is 5.43 Å². The molecule has 0 unspecified atom stereocenters. The first-order valence-electron chi connectivity index (χ1n) is 7.34. The summed E-state index contributed by atoms with van der Waals surface area (Å²) in [6.45, 7) is 5.03. The van der Waals surface area contributed by atoms with E-state index in [-0.39, 0.29) is 12.5 Å². The second-order valence-electron chi connectivity index (χ2n) is 5.28. The van der Waals surface area contributed by atoms with Gasteiger partial charge in [0.25, 0.3) is 5.91 Å². The SMILES string of the molecule is Cc1cc(C)n(CC(=O)N/N=C/c2ccc3c(c2)OCCO3)n1. The standard InChI is InChI=1S/C16H18N4O3/c1-11-7-12(2)20(19-11)10-16(21)18-17-9-13-3-4-14-15(8-13)23-6-5-22-14/h3-4,7-9H,5-6,10H2,1-2H3,(H,18,21)/b17-9+. The molecule has 1 amide bonds. The normalized spacial score (nSPS) is 13.3. The third-order valence-corrected chi connectivity index (χ3v) is 3.37. The lowest BCUT2D eigenvalue weighted by atomic mass is 10.2. The van der Waals surface area contributed by atoms with E-state index < -0.39 is 0 Å². The second kappa shape index (κ2) is 6.51. The number of nitrogens with zero attached hydrogens (tertiary/aromatic N) is 3. The Labute approximate surface area is 133 Å². The summed E-state index contributed by atoms with van der Waals surface area (Å²) in [6, 6.07) is 7.43. The topological polar surface area (TPSA) is 77.7 Å². The van der Waals surface area contributed by atoms with Crippen LogP contribution in [0.4, 0.5) is 0 Å². The van der Waals surface area contributed by atoms with Crippen molar-refractivity contribution >= 4 is 12.1 Å². The summed E-state index contributed by atoms with van der Waals surface area (Å²) in [5, 5.41) is 8.20. The Kier molecular flexibility index (Phi) is 4.27. The number of amides is 1. The lowest BCUT2D eigenvalue weighted by molar-refractivity contribution is -0.121. The highest BCUT2D eigenvalue weighted by molar-refractivity contribution is 5.83. The van der Waals surface area contributed by atoms with Crippen LogP contribution in [0.5, 0.6) is 11.5 Å². The molecule has 1 aliphatic heterocycles. The minimum Gasteiger partial charge on any atom is -0.486 e. The van der Waals surface area contributed by atoms with E-state index in [1.165, 1.54) is 0 Å². The van der Waals surface area contributed by atoms with Gasteiger partial charge >= 0.3 is 0 Å². The number of hydrogen-bond donors (Lipinski definition) is 1. The average Bonchev–Trinajstić information content (AvgIpc) is 2.84. The van der Waals surface area contributed by atoms with Crippen LogP contribution in [0.25, 0.3) is 0 Å². The van der Waals surface area contributed by atoms with Crippen molar-refractivity contribution in [3.63, 3.8) is 0 Å². The smallest absolute Gasteiger partial charge is 0.261 e. The van der Waals surface area contributed by atoms with Gasteiger partial charge < -0.3 is 9.47 Å². The first-order valence-corrected chi connectivity index (χ1v) is 7.34. The van der Waals surface area contributed by atoms with Crippen LogP contribution in [-0.4, -0.2) is 35.1 Å². The number of benzene rings is 1. The predicted molar refractivity (Wildman–Crippen MR) is 84.9 cm³/mol. The van der Waals surface area contributed by atoms with Gasteiger partial charge in [0.15, 0.2) is 11.5 Å². The molecular formula is C16H18N4O3. The number of aromatic nitrogens is 2. The second-order valence-corrected chi connectivity index (χ2v) is 5.28. The van der Waals surface area contributed by atoms with E-state index in [0.717, 1.165) is 22.7 Å². The van der Waals surface area contributed by atoms with Crippen molar-refractivity contribution < 1.29 is 14.3 Å². The number of ether oxygens (including phenoxy) is 2. The van der Waals surface area contributed by atoms with Crippen molar-refractivity contribution in [1.29, 1.82) is 0 Å². The van der Waals surface area contributed by atoms with Crippen molar-refractivity contribution in [2.24, 2.45) is 5.10 Å². The van der Waals surface area contributed by atoms with E-state index >= 15 is 0 Å². The highest BCUT2D eigenvalue weighted by Gasteiger charge is 2.11. The van der Waals surface area contributed by atoms with Crippen molar-refractivity contribution in [3.05, 3.63) is 41.2 Å². The summed E-state index contributed by atoms with van der Waals surface area (Å²) in [6.07, 6.45) is 1.57. The third-order valence-electron chi connectivity index (χ3n) is 3.37. The minimum atomic E-state index is -0.231. The highest BCUT2D eigenvalue weighted by atomic mass is 16.6. The lowest BCUT2D eigenvalue weighted by Gasteiger charge is -2.18. The first-order chi connectivity index (χ1) is 11.1. The summed E-state index contributed by atoms with van der Waals surface area (Å²) >= 11 is 0. The quantitative estimate of drug-likeness (QED) is 0.684. The Balaban J connectivity index is 1.58. The molecule has 0 saturated heterocycles. The molecule has 0 bridgehead atoms. The average molecular weight is 314 g/mol. The van der Waals surface area contributed by atoms with Gasteiger partial charge in [-0.1, -0.05) is 0 Å². The van der Waals surface area contributed by atoms with E-state index in [2.05, 4.69) is 15.6 Å². The molecular weight excluding hydrogens is 296 g/mol. The summed E-state index contributed by atoms with van der Waals surface area (Å²) in [7, 11) is 0. The van der Waals surface area contributed by atoms with Gasteiger partial charge in [-0.15, -0.1) is 0 Å². The van der Waals surface area contributed by atoms with Gasteiger partial charge in [-0.05, 0) is 43.7 Å². The minimum absolute atomic E-state index is 0.137. The van der Waals surface area contributed by atoms with Gasteiger partial charge in [0, 0.05) is 5.69 Å². The molecule has 1 aromatic heterocycles. The fourth-order valence-electron chi connectivity index (χ4n) is 2.33. The van der Waals surface area contributed by atoms with Crippen LogP contribution in [-0.2, 0) is 11.3 Å². The predicted octanol–water partition coefficient (Wildman–Crippen LogP) is 1.42. The highest BCUT2D eigenvalue weighted by Crippen LogP contribution is 2.30. The molecule has 23 heavy (non-hydrogen) atoms. The molecule has 0 saturated carbocycles. The van der Waals surface area contributed by atoms with Crippen LogP contribution in [0.1, 0.15) is 17.0 Å². The Morgan fingerprint density at radius 1 is 1.30 bits per heavy atom. The molecule has 2 heterocycles. The number of rotatable bonds is 4. The molecule has 2 aromatic rings. The van der Waals surface area contributed by atoms with E-state index in [0.29, 0.717) is 19.0 Å². The Bertz CT molecular complexity index is 752. The van der Waals surface area contributed by atoms with Gasteiger partial charge in [0.2, 0.25) is 0 Å². The zero-order chi connectivity index (χ0) is 16.2. The maximum Gasteiger partial charge on any atom is 0.261 e. The van der Waals surface area contributed by atoms with Gasteiger partial charge in [0.1, 0.15) is 19.8 Å². The van der Waals surface area contributed by atoms with Crippen molar-refractivity contribution in [2.75, 3.05) is 13.2 Å². The van der Waals surface area contributed by atoms with E-state index in [9.17, 15) is 4.79 Å². The molecule has 0 aliphatic carbocycles. The fourth-order valence-corrected chi connectivity index (χ4v) is 2.33. The number of carbonyl (C=O) groups is 1. The van der Waals surface area contributed by atoms with Gasteiger partial charge in [0.05, 0.1) is 11.9 Å². The van der Waals surface area contributed by atoms with Crippen molar-refractivity contribution in [2.45, 2.75) is 20.4 Å². The van der Waals surface area contributed by atoms with Gasteiger partial charge in [-0.2, -0.15) is 10.2 Å². The number of aryl methyl sites for hydroxylation is 2. The summed E-state index contributed by atoms with van der Waals surface area (Å²) in [5.41, 5.74) is 5.14. The summed E-state index contributed by atoms with van der Waals surface area (Å²) in [4.78, 5) is 11.9. The monoisotopic (exact) mass is 314 g/mol. The molecule has 1 aliphatic rings. The molecule has 0 atom stereocenters. The van der Waals surface area contributed by atoms with Crippen LogP contribution in [0.2, 0.25) is 0 Å². The third kappa shape index (κ3) is 3.68. The Morgan fingerprint density at radius 3 is 2.83 bits per heavy atom. The Morgan fingerprint density at radius 2 is 2.09 bits per heavy atom. The van der Waals surface area contributed by atoms with Crippen molar-refractivity contribution in [3.8, 4) is 11.5 Å². The largest absolute Gasteiger partial charge is 0.486 e. The molecule has 0 spiro atoms. The molecule has 3 rings (SSSR count). The number of nitrogens with one attached hydrogen (secondary N) is 1. The number of hydrazone groups is 1. The molecule has 0 radical (unpaired) electrons. The van der Waals surface area contributed by atoms with Gasteiger partial charge in [-0.3, -0.25) is 9.48 Å². The fraction of sp³-hybridized carbons (Fsp3) is 0.312. The van der Waals surface area contributed by atoms with E-state index in [1.807, 2.05) is 38.1 Å². The summed E-state index contributed by atoms with van der Waals surface area (Å²) in [5.74, 6) is 1.18. The van der Waals surface area contributed by atoms with E-state index in [4.69, 9.17) is 9.47 Å². The molecule has 1 N–H and O–H groups in total. The lowest BCUT2D eigenvalue weighted by Crippen LogP contribution is -2.24. The van der Waals surface area contributed by atoms with Crippen LogP contribution >= 0.6 is 0 Å². The maximum absolute atomic E-state index is 11.9.